The molecule has 3 saturated heterocycles. The molecule has 0 aromatic rings. The molecular weight excluding hydrogens is 410 g/mol. The maximum atomic E-state index is 14.4. The second kappa shape index (κ2) is 9.65. The zero-order chi connectivity index (χ0) is 21.1. The number of halogens is 6. The molecule has 3 heterocycles. The van der Waals surface area contributed by atoms with Crippen molar-refractivity contribution in [3.05, 3.63) is 0 Å². The van der Waals surface area contributed by atoms with E-state index >= 15 is 0 Å². The Morgan fingerprint density at radius 1 is 0.759 bits per heavy atom. The predicted octanol–water partition coefficient (Wildman–Crippen LogP) is 1.69. The largest absolute Gasteiger partial charge is 0.379 e. The normalized spacial score (nSPS) is 30.8. The number of rotatable bonds is 7. The Kier molecular flexibility index (Phi) is 7.66. The second-order valence-corrected chi connectivity index (χ2v) is 7.39. The monoisotopic (exact) mass is 436 g/mol. The van der Waals surface area contributed by atoms with Crippen molar-refractivity contribution in [3.8, 4) is 0 Å². The molecule has 3 rings (SSSR count). The van der Waals surface area contributed by atoms with Gasteiger partial charge in [-0.3, -0.25) is 9.80 Å². The van der Waals surface area contributed by atoms with Gasteiger partial charge in [-0.25, -0.2) is 17.6 Å². The molecule has 0 N–H and O–H groups in total. The van der Waals surface area contributed by atoms with Crippen LogP contribution in [-0.2, 0) is 18.9 Å². The van der Waals surface area contributed by atoms with Crippen LogP contribution < -0.4 is 0 Å². The number of ether oxygens (including phenoxy) is 4. The highest BCUT2D eigenvalue weighted by molar-refractivity contribution is 4.90. The van der Waals surface area contributed by atoms with Crippen LogP contribution in [0.3, 0.4) is 0 Å². The lowest BCUT2D eigenvalue weighted by Gasteiger charge is -2.40. The van der Waals surface area contributed by atoms with Crippen LogP contribution in [0.2, 0.25) is 0 Å². The first kappa shape index (κ1) is 23.0. The fourth-order valence-corrected chi connectivity index (χ4v) is 3.56. The summed E-state index contributed by atoms with van der Waals surface area (Å²) in [7, 11) is 0. The van der Waals surface area contributed by atoms with E-state index in [0.717, 1.165) is 9.80 Å². The molecule has 0 aliphatic carbocycles. The van der Waals surface area contributed by atoms with Gasteiger partial charge in [0.1, 0.15) is 6.10 Å². The van der Waals surface area contributed by atoms with E-state index in [1.54, 1.807) is 0 Å². The summed E-state index contributed by atoms with van der Waals surface area (Å²) in [5.41, 5.74) is 0. The Morgan fingerprint density at radius 2 is 1.28 bits per heavy atom. The van der Waals surface area contributed by atoms with Crippen LogP contribution in [-0.4, -0.2) is 112 Å². The number of nitrogens with zero attached hydrogens (tertiary/aromatic N) is 2. The van der Waals surface area contributed by atoms with Gasteiger partial charge in [-0.1, -0.05) is 0 Å². The molecule has 4 atom stereocenters. The lowest BCUT2D eigenvalue weighted by atomic mass is 10.1. The number of hydrogen-bond donors (Lipinski definition) is 0. The molecule has 0 saturated carbocycles. The highest BCUT2D eigenvalue weighted by Gasteiger charge is 2.54. The standard InChI is InChI=1S/C17H26F6N2O4/c18-14(24-1-5-26-6-2-24)16(20,21)9-12-10-29-13(11-28-12)17(22,23)15(19)25-3-7-27-8-4-25/h12-15H,1-11H2. The first-order valence-electron chi connectivity index (χ1n) is 9.62. The summed E-state index contributed by atoms with van der Waals surface area (Å²) in [6, 6.07) is 0. The van der Waals surface area contributed by atoms with E-state index in [1.807, 2.05) is 0 Å². The first-order chi connectivity index (χ1) is 13.7. The molecule has 3 fully saturated rings. The molecule has 0 aromatic heterocycles. The molecule has 12 heteroatoms. The predicted molar refractivity (Wildman–Crippen MR) is 88.6 cm³/mol. The van der Waals surface area contributed by atoms with Crippen molar-refractivity contribution in [2.45, 2.75) is 43.1 Å². The van der Waals surface area contributed by atoms with Gasteiger partial charge in [-0.05, 0) is 0 Å². The molecule has 3 aliphatic heterocycles. The van der Waals surface area contributed by atoms with Crippen LogP contribution in [0.4, 0.5) is 26.3 Å². The van der Waals surface area contributed by atoms with Crippen molar-refractivity contribution in [2.75, 3.05) is 65.8 Å². The van der Waals surface area contributed by atoms with Gasteiger partial charge in [0.05, 0.1) is 45.7 Å². The molecule has 0 amide bonds. The van der Waals surface area contributed by atoms with Gasteiger partial charge in [0, 0.05) is 32.6 Å². The number of morpholine rings is 2. The van der Waals surface area contributed by atoms with Crippen molar-refractivity contribution in [1.82, 2.24) is 9.80 Å². The van der Waals surface area contributed by atoms with E-state index in [0.29, 0.717) is 0 Å². The third-order valence-electron chi connectivity index (χ3n) is 5.29. The average molecular weight is 436 g/mol. The number of hydrogen-bond acceptors (Lipinski definition) is 6. The van der Waals surface area contributed by atoms with Gasteiger partial charge in [-0.2, -0.15) is 8.78 Å². The van der Waals surface area contributed by atoms with Gasteiger partial charge in [0.15, 0.2) is 0 Å². The maximum absolute atomic E-state index is 14.4. The van der Waals surface area contributed by atoms with Crippen molar-refractivity contribution in [1.29, 1.82) is 0 Å². The van der Waals surface area contributed by atoms with Crippen molar-refractivity contribution in [2.24, 2.45) is 0 Å². The minimum Gasteiger partial charge on any atom is -0.379 e. The second-order valence-electron chi connectivity index (χ2n) is 7.39. The summed E-state index contributed by atoms with van der Waals surface area (Å²) in [5.74, 6) is -7.64. The molecule has 6 nitrogen and oxygen atoms in total. The third kappa shape index (κ3) is 5.53. The summed E-state index contributed by atoms with van der Waals surface area (Å²) in [6.07, 6.45) is -9.34. The quantitative estimate of drug-likeness (QED) is 0.447. The third-order valence-corrected chi connectivity index (χ3v) is 5.29. The SMILES string of the molecule is FC(N1CCOCC1)C(F)(F)CC1COC(C(F)(F)C(F)N2CCOCC2)CO1. The highest BCUT2D eigenvalue weighted by atomic mass is 19.3. The van der Waals surface area contributed by atoms with E-state index in [1.165, 1.54) is 0 Å². The van der Waals surface area contributed by atoms with Crippen molar-refractivity contribution < 1.29 is 45.3 Å². The average Bonchev–Trinajstić information content (AvgIpc) is 2.74. The summed E-state index contributed by atoms with van der Waals surface area (Å²) >= 11 is 0. The zero-order valence-corrected chi connectivity index (χ0v) is 15.9. The maximum Gasteiger partial charge on any atom is 0.319 e. The van der Waals surface area contributed by atoms with Crippen LogP contribution in [0.5, 0.6) is 0 Å². The summed E-state index contributed by atoms with van der Waals surface area (Å²) < 4.78 is 106. The van der Waals surface area contributed by atoms with Crippen LogP contribution in [0.15, 0.2) is 0 Å². The fourth-order valence-electron chi connectivity index (χ4n) is 3.56. The topological polar surface area (TPSA) is 43.4 Å². The molecule has 0 bridgehead atoms. The molecule has 0 radical (unpaired) electrons. The summed E-state index contributed by atoms with van der Waals surface area (Å²) in [6.45, 7) is -0.662. The van der Waals surface area contributed by atoms with Gasteiger partial charge in [-0.15, -0.1) is 0 Å². The molecule has 4 unspecified atom stereocenters. The molecular formula is C17H26F6N2O4. The zero-order valence-electron chi connectivity index (χ0n) is 15.9. The lowest BCUT2D eigenvalue weighted by Crippen LogP contribution is -2.58. The molecule has 29 heavy (non-hydrogen) atoms. The van der Waals surface area contributed by atoms with Gasteiger partial charge >= 0.3 is 5.92 Å². The van der Waals surface area contributed by atoms with E-state index in [9.17, 15) is 26.3 Å². The first-order valence-corrected chi connectivity index (χ1v) is 9.62. The fraction of sp³-hybridized carbons (Fsp3) is 1.00. The smallest absolute Gasteiger partial charge is 0.319 e. The van der Waals surface area contributed by atoms with Gasteiger partial charge in [0.2, 0.25) is 12.6 Å². The van der Waals surface area contributed by atoms with Crippen LogP contribution in [0.25, 0.3) is 0 Å². The molecule has 0 aromatic carbocycles. The Morgan fingerprint density at radius 3 is 1.76 bits per heavy atom. The lowest BCUT2D eigenvalue weighted by molar-refractivity contribution is -0.267. The van der Waals surface area contributed by atoms with Gasteiger partial charge < -0.3 is 18.9 Å². The van der Waals surface area contributed by atoms with E-state index in [2.05, 4.69) is 0 Å². The van der Waals surface area contributed by atoms with Crippen LogP contribution in [0.1, 0.15) is 6.42 Å². The van der Waals surface area contributed by atoms with E-state index in [-0.39, 0.29) is 52.6 Å². The highest BCUT2D eigenvalue weighted by Crippen LogP contribution is 2.36. The summed E-state index contributed by atoms with van der Waals surface area (Å²) in [4.78, 5) is 1.92. The Hall–Kier alpha value is -0.660. The molecule has 3 aliphatic rings. The van der Waals surface area contributed by atoms with E-state index in [4.69, 9.17) is 18.9 Å². The molecule has 0 spiro atoms. The van der Waals surface area contributed by atoms with Crippen molar-refractivity contribution >= 4 is 0 Å². The van der Waals surface area contributed by atoms with Crippen molar-refractivity contribution in [3.63, 3.8) is 0 Å². The molecule has 170 valence electrons. The number of alkyl halides is 6. The minimum atomic E-state index is -3.89. The summed E-state index contributed by atoms with van der Waals surface area (Å²) in [5, 5.41) is 0. The minimum absolute atomic E-state index is 0.0125. The van der Waals surface area contributed by atoms with E-state index < -0.39 is 56.3 Å². The Labute approximate surface area is 165 Å². The Balaban J connectivity index is 1.50. The Bertz CT molecular complexity index is 512. The van der Waals surface area contributed by atoms with Crippen LogP contribution >= 0.6 is 0 Å². The van der Waals surface area contributed by atoms with Crippen LogP contribution in [0, 0.1) is 0 Å². The van der Waals surface area contributed by atoms with Gasteiger partial charge in [0.25, 0.3) is 5.92 Å².